The SMILES string of the molecule is COC(=O)[C@@H](N)CCB1O[C@]23C[C@H](CC[C@]2(C)O1)C3(C)C. The maximum Gasteiger partial charge on any atom is 0.457 e. The van der Waals surface area contributed by atoms with Crippen LogP contribution in [-0.4, -0.2) is 37.4 Å². The fourth-order valence-electron chi connectivity index (χ4n) is 4.80. The van der Waals surface area contributed by atoms with E-state index in [0.717, 1.165) is 18.8 Å². The zero-order chi connectivity index (χ0) is 15.5. The van der Waals surface area contributed by atoms with Crippen LogP contribution in [0.25, 0.3) is 0 Å². The van der Waals surface area contributed by atoms with Gasteiger partial charge in [-0.25, -0.2) is 0 Å². The third kappa shape index (κ3) is 1.92. The second-order valence-electron chi connectivity index (χ2n) is 7.59. The van der Waals surface area contributed by atoms with Crippen LogP contribution in [0.3, 0.4) is 0 Å². The average Bonchev–Trinajstić information content (AvgIpc) is 2.78. The summed E-state index contributed by atoms with van der Waals surface area (Å²) in [4.78, 5) is 11.4. The lowest BCUT2D eigenvalue weighted by molar-refractivity contribution is -0.257. The highest BCUT2D eigenvalue weighted by Gasteiger charge is 2.75. The van der Waals surface area contributed by atoms with E-state index in [1.807, 2.05) is 0 Å². The van der Waals surface area contributed by atoms with Crippen molar-refractivity contribution in [3.63, 3.8) is 0 Å². The van der Waals surface area contributed by atoms with Crippen molar-refractivity contribution in [2.45, 2.75) is 70.0 Å². The lowest BCUT2D eigenvalue weighted by Crippen LogP contribution is -2.73. The molecular weight excluding hydrogens is 269 g/mol. The number of carbonyl (C=O) groups excluding carboxylic acids is 1. The van der Waals surface area contributed by atoms with Gasteiger partial charge >= 0.3 is 13.1 Å². The van der Waals surface area contributed by atoms with Gasteiger partial charge in [0.05, 0.1) is 18.3 Å². The lowest BCUT2D eigenvalue weighted by Gasteiger charge is -2.69. The monoisotopic (exact) mass is 295 g/mol. The predicted molar refractivity (Wildman–Crippen MR) is 79.6 cm³/mol. The van der Waals surface area contributed by atoms with Crippen LogP contribution in [0.1, 0.15) is 46.5 Å². The van der Waals surface area contributed by atoms with Crippen LogP contribution in [-0.2, 0) is 18.8 Å². The Balaban J connectivity index is 1.66. The van der Waals surface area contributed by atoms with E-state index in [-0.39, 0.29) is 29.7 Å². The number of nitrogens with two attached hydrogens (primary N) is 1. The first-order valence-electron chi connectivity index (χ1n) is 7.95. The van der Waals surface area contributed by atoms with Crippen molar-refractivity contribution in [3.05, 3.63) is 0 Å². The van der Waals surface area contributed by atoms with Gasteiger partial charge in [-0.3, -0.25) is 4.79 Å². The van der Waals surface area contributed by atoms with Gasteiger partial charge in [0.2, 0.25) is 0 Å². The molecule has 2 N–H and O–H groups in total. The van der Waals surface area contributed by atoms with Crippen LogP contribution in [0.15, 0.2) is 0 Å². The van der Waals surface area contributed by atoms with E-state index in [2.05, 4.69) is 25.5 Å². The first-order chi connectivity index (χ1) is 9.76. The summed E-state index contributed by atoms with van der Waals surface area (Å²) < 4.78 is 17.3. The van der Waals surface area contributed by atoms with Crippen LogP contribution in [0.4, 0.5) is 0 Å². The first kappa shape index (κ1) is 15.3. The van der Waals surface area contributed by atoms with Crippen molar-refractivity contribution in [1.29, 1.82) is 0 Å². The maximum atomic E-state index is 11.4. The highest BCUT2D eigenvalue weighted by atomic mass is 16.7. The molecule has 0 unspecified atom stereocenters. The van der Waals surface area contributed by atoms with Crippen LogP contribution < -0.4 is 5.73 Å². The largest absolute Gasteiger partial charge is 0.468 e. The third-order valence-electron chi connectivity index (χ3n) is 6.36. The Hall–Kier alpha value is -0.585. The van der Waals surface area contributed by atoms with Crippen molar-refractivity contribution in [2.24, 2.45) is 17.1 Å². The van der Waals surface area contributed by atoms with Crippen LogP contribution in [0.5, 0.6) is 0 Å². The quantitative estimate of drug-likeness (QED) is 0.632. The molecule has 4 atom stereocenters. The van der Waals surface area contributed by atoms with Gasteiger partial charge in [0.1, 0.15) is 6.04 Å². The number of rotatable bonds is 4. The minimum absolute atomic E-state index is 0.164. The summed E-state index contributed by atoms with van der Waals surface area (Å²) in [5, 5.41) is 0. The standard InChI is InChI=1S/C15H26BNO4/c1-13(2)10-5-7-14(3)15(13,9-10)21-16(20-14)8-6-11(17)12(18)19-4/h10-11H,5-9,17H2,1-4H3/t10-,11-,14-,15-/m0/s1. The maximum absolute atomic E-state index is 11.4. The Labute approximate surface area is 127 Å². The highest BCUT2D eigenvalue weighted by molar-refractivity contribution is 6.45. The minimum Gasteiger partial charge on any atom is -0.468 e. The Kier molecular flexibility index (Phi) is 3.43. The fraction of sp³-hybridized carbons (Fsp3) is 0.933. The molecule has 1 spiro atoms. The molecule has 1 saturated heterocycles. The number of esters is 1. The van der Waals surface area contributed by atoms with Gasteiger partial charge in [-0.15, -0.1) is 0 Å². The third-order valence-corrected chi connectivity index (χ3v) is 6.36. The van der Waals surface area contributed by atoms with Crippen LogP contribution in [0, 0.1) is 11.3 Å². The van der Waals surface area contributed by atoms with Crippen LogP contribution in [0.2, 0.25) is 6.32 Å². The molecule has 5 nitrogen and oxygen atoms in total. The molecule has 1 aliphatic heterocycles. The van der Waals surface area contributed by atoms with Crippen LogP contribution >= 0.6 is 0 Å². The van der Waals surface area contributed by atoms with Gasteiger partial charge in [-0.05, 0) is 50.3 Å². The normalized spacial score (nSPS) is 41.2. The van der Waals surface area contributed by atoms with Crippen molar-refractivity contribution in [3.8, 4) is 0 Å². The van der Waals surface area contributed by atoms with Gasteiger partial charge in [0.15, 0.2) is 0 Å². The Bertz CT molecular complexity index is 457. The molecule has 0 aromatic carbocycles. The molecule has 0 aromatic heterocycles. The summed E-state index contributed by atoms with van der Waals surface area (Å²) in [5.41, 5.74) is 5.59. The number of methoxy groups -OCH3 is 1. The van der Waals surface area contributed by atoms with E-state index in [0.29, 0.717) is 12.7 Å². The zero-order valence-electron chi connectivity index (χ0n) is 13.5. The summed E-state index contributed by atoms with van der Waals surface area (Å²) in [6.45, 7) is 6.78. The molecule has 118 valence electrons. The number of fused-ring (bicyclic) bond motifs is 1. The molecule has 3 saturated carbocycles. The average molecular weight is 295 g/mol. The number of ether oxygens (including phenoxy) is 1. The van der Waals surface area contributed by atoms with Gasteiger partial charge in [-0.2, -0.15) is 0 Å². The molecule has 4 aliphatic rings. The van der Waals surface area contributed by atoms with Gasteiger partial charge in [0, 0.05) is 0 Å². The van der Waals surface area contributed by atoms with Gasteiger partial charge in [-0.1, -0.05) is 13.8 Å². The van der Waals surface area contributed by atoms with Crippen molar-refractivity contribution < 1.29 is 18.8 Å². The number of carbonyl (C=O) groups is 1. The molecule has 1 heterocycles. The summed E-state index contributed by atoms with van der Waals surface area (Å²) in [6, 6.07) is -0.600. The molecule has 6 heteroatoms. The second-order valence-corrected chi connectivity index (χ2v) is 7.59. The first-order valence-corrected chi connectivity index (χ1v) is 7.95. The summed E-state index contributed by atoms with van der Waals surface area (Å²) in [6.07, 6.45) is 4.52. The molecule has 0 aromatic rings. The van der Waals surface area contributed by atoms with Gasteiger partial charge in [0.25, 0.3) is 0 Å². The Morgan fingerprint density at radius 3 is 2.71 bits per heavy atom. The fourth-order valence-corrected chi connectivity index (χ4v) is 4.80. The van der Waals surface area contributed by atoms with E-state index in [1.165, 1.54) is 13.5 Å². The molecule has 0 amide bonds. The molecule has 0 radical (unpaired) electrons. The Morgan fingerprint density at radius 1 is 1.43 bits per heavy atom. The molecule has 2 bridgehead atoms. The zero-order valence-corrected chi connectivity index (χ0v) is 13.5. The minimum atomic E-state index is -0.600. The predicted octanol–water partition coefficient (Wildman–Crippen LogP) is 1.75. The Morgan fingerprint density at radius 2 is 2.14 bits per heavy atom. The van der Waals surface area contributed by atoms with E-state index in [9.17, 15) is 4.79 Å². The highest BCUT2D eigenvalue weighted by Crippen LogP contribution is 2.70. The van der Waals surface area contributed by atoms with Crippen molar-refractivity contribution in [2.75, 3.05) is 7.11 Å². The lowest BCUT2D eigenvalue weighted by atomic mass is 9.41. The molecule has 21 heavy (non-hydrogen) atoms. The number of hydrogen-bond acceptors (Lipinski definition) is 5. The molecule has 4 fully saturated rings. The van der Waals surface area contributed by atoms with Crippen molar-refractivity contribution >= 4 is 13.1 Å². The molecule has 4 rings (SSSR count). The smallest absolute Gasteiger partial charge is 0.457 e. The van der Waals surface area contributed by atoms with E-state index < -0.39 is 6.04 Å². The molecule has 3 aliphatic carbocycles. The van der Waals surface area contributed by atoms with E-state index in [1.54, 1.807) is 0 Å². The summed E-state index contributed by atoms with van der Waals surface area (Å²) in [7, 11) is 1.10. The topological polar surface area (TPSA) is 70.8 Å². The summed E-state index contributed by atoms with van der Waals surface area (Å²) in [5.74, 6) is 0.365. The van der Waals surface area contributed by atoms with Crippen molar-refractivity contribution in [1.82, 2.24) is 0 Å². The van der Waals surface area contributed by atoms with E-state index >= 15 is 0 Å². The van der Waals surface area contributed by atoms with Gasteiger partial charge < -0.3 is 19.8 Å². The summed E-state index contributed by atoms with van der Waals surface area (Å²) >= 11 is 0. The second kappa shape index (κ2) is 4.70. The molecular formula is C15H26BNO4. The van der Waals surface area contributed by atoms with E-state index in [4.69, 9.17) is 15.0 Å². The number of hydrogen-bond donors (Lipinski definition) is 1.